The van der Waals surface area contributed by atoms with Gasteiger partial charge in [-0.3, -0.25) is 24.5 Å². The van der Waals surface area contributed by atoms with Crippen LogP contribution in [0.1, 0.15) is 33.7 Å². The zero-order chi connectivity index (χ0) is 22.8. The van der Waals surface area contributed by atoms with Crippen molar-refractivity contribution in [3.8, 4) is 0 Å². The van der Waals surface area contributed by atoms with Crippen LogP contribution in [0.3, 0.4) is 0 Å². The molecule has 0 aliphatic carbocycles. The van der Waals surface area contributed by atoms with Gasteiger partial charge in [-0.25, -0.2) is 0 Å². The molecule has 0 bridgehead atoms. The molecule has 1 aliphatic rings. The van der Waals surface area contributed by atoms with Crippen molar-refractivity contribution in [1.82, 2.24) is 4.68 Å². The van der Waals surface area contributed by atoms with Gasteiger partial charge in [0.1, 0.15) is 0 Å². The SMILES string of the molecule is Cc1cccc(N2C[C@H](C(=O)Nc3ccc(C(=O)Nn4c(C)ccc4C)cc3)CC2=O)c1. The number of hydrogen-bond donors (Lipinski definition) is 2. The lowest BCUT2D eigenvalue weighted by atomic mass is 10.1. The first-order valence-corrected chi connectivity index (χ1v) is 10.6. The largest absolute Gasteiger partial charge is 0.326 e. The fraction of sp³-hybridized carbons (Fsp3) is 0.240. The third kappa shape index (κ3) is 4.42. The second kappa shape index (κ2) is 8.70. The summed E-state index contributed by atoms with van der Waals surface area (Å²) in [6.07, 6.45) is 0.176. The molecule has 3 aromatic rings. The topological polar surface area (TPSA) is 83.4 Å². The predicted octanol–water partition coefficient (Wildman–Crippen LogP) is 3.79. The van der Waals surface area contributed by atoms with Crippen molar-refractivity contribution in [2.24, 2.45) is 5.92 Å². The highest BCUT2D eigenvalue weighted by molar-refractivity contribution is 6.04. The van der Waals surface area contributed by atoms with E-state index in [4.69, 9.17) is 0 Å². The van der Waals surface area contributed by atoms with E-state index in [1.165, 1.54) is 0 Å². The maximum atomic E-state index is 12.7. The Bertz CT molecular complexity index is 1160. The predicted molar refractivity (Wildman–Crippen MR) is 124 cm³/mol. The Morgan fingerprint density at radius 1 is 0.938 bits per heavy atom. The van der Waals surface area contributed by atoms with E-state index >= 15 is 0 Å². The van der Waals surface area contributed by atoms with Crippen molar-refractivity contribution in [3.05, 3.63) is 83.2 Å². The molecule has 164 valence electrons. The number of aromatic nitrogens is 1. The zero-order valence-electron chi connectivity index (χ0n) is 18.4. The number of carbonyl (C=O) groups excluding carboxylic acids is 3. The van der Waals surface area contributed by atoms with Crippen molar-refractivity contribution in [1.29, 1.82) is 0 Å². The molecular weight excluding hydrogens is 404 g/mol. The van der Waals surface area contributed by atoms with Gasteiger partial charge in [0.25, 0.3) is 5.91 Å². The molecule has 1 fully saturated rings. The highest BCUT2D eigenvalue weighted by atomic mass is 16.2. The van der Waals surface area contributed by atoms with Crippen LogP contribution >= 0.6 is 0 Å². The Morgan fingerprint density at radius 3 is 2.28 bits per heavy atom. The van der Waals surface area contributed by atoms with Crippen LogP contribution in [0.2, 0.25) is 0 Å². The van der Waals surface area contributed by atoms with Crippen molar-refractivity contribution in [2.75, 3.05) is 22.2 Å². The number of anilines is 2. The summed E-state index contributed by atoms with van der Waals surface area (Å²) in [5.74, 6) is -0.922. The Labute approximate surface area is 187 Å². The molecule has 1 aromatic heterocycles. The van der Waals surface area contributed by atoms with Crippen LogP contribution in [-0.4, -0.2) is 28.9 Å². The molecule has 4 rings (SSSR count). The molecule has 0 radical (unpaired) electrons. The third-order valence-electron chi connectivity index (χ3n) is 5.71. The number of benzene rings is 2. The van der Waals surface area contributed by atoms with Gasteiger partial charge in [0.05, 0.1) is 5.92 Å². The normalized spacial score (nSPS) is 15.7. The molecule has 1 aliphatic heterocycles. The highest BCUT2D eigenvalue weighted by Gasteiger charge is 2.35. The summed E-state index contributed by atoms with van der Waals surface area (Å²) in [6, 6.07) is 18.3. The molecule has 1 atom stereocenters. The summed E-state index contributed by atoms with van der Waals surface area (Å²) < 4.78 is 1.73. The summed E-state index contributed by atoms with van der Waals surface area (Å²) in [7, 11) is 0. The monoisotopic (exact) mass is 430 g/mol. The van der Waals surface area contributed by atoms with Crippen LogP contribution in [0.5, 0.6) is 0 Å². The van der Waals surface area contributed by atoms with Gasteiger partial charge in [0.15, 0.2) is 0 Å². The van der Waals surface area contributed by atoms with Gasteiger partial charge >= 0.3 is 0 Å². The van der Waals surface area contributed by atoms with E-state index in [0.717, 1.165) is 22.6 Å². The van der Waals surface area contributed by atoms with Crippen LogP contribution in [0, 0.1) is 26.7 Å². The molecule has 32 heavy (non-hydrogen) atoms. The zero-order valence-corrected chi connectivity index (χ0v) is 18.4. The van der Waals surface area contributed by atoms with Gasteiger partial charge in [-0.15, -0.1) is 0 Å². The lowest BCUT2D eigenvalue weighted by Crippen LogP contribution is -2.28. The van der Waals surface area contributed by atoms with Crippen molar-refractivity contribution in [3.63, 3.8) is 0 Å². The Morgan fingerprint density at radius 2 is 1.62 bits per heavy atom. The first-order chi connectivity index (χ1) is 15.3. The number of carbonyl (C=O) groups is 3. The number of amides is 3. The second-order valence-corrected chi connectivity index (χ2v) is 8.20. The molecule has 3 amide bonds. The van der Waals surface area contributed by atoms with E-state index < -0.39 is 5.92 Å². The second-order valence-electron chi connectivity index (χ2n) is 8.20. The molecule has 0 saturated carbocycles. The fourth-order valence-electron chi connectivity index (χ4n) is 3.89. The number of aryl methyl sites for hydroxylation is 3. The molecule has 2 aromatic carbocycles. The minimum atomic E-state index is -0.425. The maximum Gasteiger partial charge on any atom is 0.270 e. The van der Waals surface area contributed by atoms with Gasteiger partial charge < -0.3 is 10.2 Å². The minimum Gasteiger partial charge on any atom is -0.326 e. The average Bonchev–Trinajstić information content (AvgIpc) is 3.31. The van der Waals surface area contributed by atoms with Crippen LogP contribution in [0.15, 0.2) is 60.7 Å². The van der Waals surface area contributed by atoms with Gasteiger partial charge in [-0.05, 0) is 74.9 Å². The molecule has 7 heteroatoms. The van der Waals surface area contributed by atoms with Crippen LogP contribution < -0.4 is 15.6 Å². The third-order valence-corrected chi connectivity index (χ3v) is 5.71. The smallest absolute Gasteiger partial charge is 0.270 e. The van der Waals surface area contributed by atoms with Crippen LogP contribution in [0.25, 0.3) is 0 Å². The quantitative estimate of drug-likeness (QED) is 0.646. The van der Waals surface area contributed by atoms with Crippen molar-refractivity contribution < 1.29 is 14.4 Å². The first kappa shape index (κ1) is 21.4. The lowest BCUT2D eigenvalue weighted by Gasteiger charge is -2.17. The average molecular weight is 431 g/mol. The van der Waals surface area contributed by atoms with Crippen LogP contribution in [0.4, 0.5) is 11.4 Å². The summed E-state index contributed by atoms with van der Waals surface area (Å²) in [4.78, 5) is 39.4. The fourth-order valence-corrected chi connectivity index (χ4v) is 3.89. The number of hydrogen-bond acceptors (Lipinski definition) is 3. The number of nitrogens with one attached hydrogen (secondary N) is 2. The molecule has 2 N–H and O–H groups in total. The number of nitrogens with zero attached hydrogens (tertiary/aromatic N) is 2. The lowest BCUT2D eigenvalue weighted by molar-refractivity contribution is -0.122. The molecule has 0 unspecified atom stereocenters. The molecule has 1 saturated heterocycles. The van der Waals surface area contributed by atoms with E-state index in [1.807, 2.05) is 57.2 Å². The molecule has 0 spiro atoms. The molecular formula is C25H26N4O3. The first-order valence-electron chi connectivity index (χ1n) is 10.6. The summed E-state index contributed by atoms with van der Waals surface area (Å²) in [6.45, 7) is 6.16. The maximum absolute atomic E-state index is 12.7. The van der Waals surface area contributed by atoms with Crippen molar-refractivity contribution >= 4 is 29.1 Å². The Balaban J connectivity index is 1.38. The number of rotatable bonds is 5. The van der Waals surface area contributed by atoms with E-state index in [0.29, 0.717) is 17.8 Å². The van der Waals surface area contributed by atoms with Gasteiger partial charge in [0, 0.05) is 41.3 Å². The highest BCUT2D eigenvalue weighted by Crippen LogP contribution is 2.26. The summed E-state index contributed by atoms with van der Waals surface area (Å²) in [5.41, 5.74) is 7.67. The van der Waals surface area contributed by atoms with Gasteiger partial charge in [-0.1, -0.05) is 12.1 Å². The summed E-state index contributed by atoms with van der Waals surface area (Å²) in [5, 5.41) is 2.86. The van der Waals surface area contributed by atoms with E-state index in [9.17, 15) is 14.4 Å². The van der Waals surface area contributed by atoms with E-state index in [1.54, 1.807) is 33.8 Å². The minimum absolute atomic E-state index is 0.0571. The van der Waals surface area contributed by atoms with Crippen LogP contribution in [-0.2, 0) is 9.59 Å². The van der Waals surface area contributed by atoms with Crippen molar-refractivity contribution in [2.45, 2.75) is 27.2 Å². The Hall–Kier alpha value is -3.87. The standard InChI is InChI=1S/C25H26N4O3/c1-16-5-4-6-22(13-16)28-15-20(14-23(28)30)24(31)26-21-11-9-19(10-12-21)25(32)27-29-17(2)7-8-18(29)3/h4-13,20H,14-15H2,1-3H3,(H,26,31)(H,27,32)/t20-/m1/s1. The Kier molecular flexibility index (Phi) is 5.81. The van der Waals surface area contributed by atoms with Gasteiger partial charge in [0.2, 0.25) is 11.8 Å². The molecule has 2 heterocycles. The van der Waals surface area contributed by atoms with E-state index in [2.05, 4.69) is 10.7 Å². The summed E-state index contributed by atoms with van der Waals surface area (Å²) >= 11 is 0. The van der Waals surface area contributed by atoms with E-state index in [-0.39, 0.29) is 24.1 Å². The molecule has 7 nitrogen and oxygen atoms in total. The van der Waals surface area contributed by atoms with Gasteiger partial charge in [-0.2, -0.15) is 0 Å².